The predicted molar refractivity (Wildman–Crippen MR) is 179 cm³/mol. The zero-order valence-electron chi connectivity index (χ0n) is 27.5. The Bertz CT molecular complexity index is 2030. The maximum atomic E-state index is 17.2. The van der Waals surface area contributed by atoms with Crippen molar-refractivity contribution in [2.45, 2.75) is 69.6 Å². The number of likely N-dealkylation sites (tertiary alicyclic amines) is 1. The SMILES string of the molecule is CCc1c(F)ccc2cc(O)cc(-c3nc4c5c(nc(OCC6(CN7C[C@@H]8C[C@@H]8[C@@H]7CO)CC6)nc5c3F)N3C[C@H]5CC[C@H](N5)[C@H]3CO4)c12. The molecule has 5 fully saturated rings. The Hall–Kier alpha value is -3.87. The molecule has 3 N–H and O–H groups in total. The smallest absolute Gasteiger partial charge is 0.319 e. The van der Waals surface area contributed by atoms with Gasteiger partial charge in [0.2, 0.25) is 5.88 Å². The van der Waals surface area contributed by atoms with Crippen molar-refractivity contribution in [1.29, 1.82) is 0 Å². The summed E-state index contributed by atoms with van der Waals surface area (Å²) < 4.78 is 45.1. The molecule has 6 heterocycles. The highest BCUT2D eigenvalue weighted by Crippen LogP contribution is 2.54. The van der Waals surface area contributed by atoms with Gasteiger partial charge in [-0.25, -0.2) is 13.8 Å². The molecule has 0 unspecified atom stereocenters. The van der Waals surface area contributed by atoms with E-state index < -0.39 is 11.6 Å². The quantitative estimate of drug-likeness (QED) is 0.246. The molecule has 2 bridgehead atoms. The molecule has 0 radical (unpaired) electrons. The van der Waals surface area contributed by atoms with Crippen LogP contribution in [0.5, 0.6) is 17.6 Å². The number of piperazine rings is 1. The first-order valence-corrected chi connectivity index (χ1v) is 17.8. The number of nitrogens with zero attached hydrogens (tertiary/aromatic N) is 5. The number of pyridine rings is 1. The number of aliphatic hydroxyl groups is 1. The summed E-state index contributed by atoms with van der Waals surface area (Å²) in [6.45, 7) is 5.33. The van der Waals surface area contributed by atoms with E-state index in [9.17, 15) is 10.2 Å². The van der Waals surface area contributed by atoms with Gasteiger partial charge in [0.05, 0.1) is 19.3 Å². The third-order valence-corrected chi connectivity index (χ3v) is 12.3. The second-order valence-corrected chi connectivity index (χ2v) is 15.3. The molecule has 10 rings (SSSR count). The van der Waals surface area contributed by atoms with Crippen LogP contribution < -0.4 is 19.7 Å². The number of aryl methyl sites for hydroxylation is 1. The van der Waals surface area contributed by atoms with Crippen molar-refractivity contribution in [1.82, 2.24) is 25.2 Å². The van der Waals surface area contributed by atoms with Crippen molar-refractivity contribution in [3.63, 3.8) is 0 Å². The van der Waals surface area contributed by atoms with Gasteiger partial charge >= 0.3 is 6.01 Å². The van der Waals surface area contributed by atoms with Gasteiger partial charge in [0.25, 0.3) is 0 Å². The van der Waals surface area contributed by atoms with Crippen LogP contribution in [-0.4, -0.2) is 93.7 Å². The number of phenols is 1. The van der Waals surface area contributed by atoms with E-state index in [2.05, 4.69) is 15.1 Å². The molecular weight excluding hydrogens is 630 g/mol. The Balaban J connectivity index is 1.09. The van der Waals surface area contributed by atoms with Gasteiger partial charge in [-0.2, -0.15) is 9.97 Å². The highest BCUT2D eigenvalue weighted by Gasteiger charge is 2.55. The maximum Gasteiger partial charge on any atom is 0.319 e. The van der Waals surface area contributed by atoms with Crippen LogP contribution in [0.1, 0.15) is 44.6 Å². The van der Waals surface area contributed by atoms with Crippen molar-refractivity contribution in [2.75, 3.05) is 44.4 Å². The summed E-state index contributed by atoms with van der Waals surface area (Å²) in [5, 5.41) is 26.0. The van der Waals surface area contributed by atoms with Crippen LogP contribution in [0, 0.1) is 28.9 Å². The average molecular weight is 671 g/mol. The highest BCUT2D eigenvalue weighted by molar-refractivity contribution is 6.03. The topological polar surface area (TPSA) is 116 Å². The molecule has 2 saturated carbocycles. The van der Waals surface area contributed by atoms with Crippen molar-refractivity contribution in [2.24, 2.45) is 17.3 Å². The van der Waals surface area contributed by atoms with Gasteiger partial charge in [0, 0.05) is 48.7 Å². The number of aromatic hydroxyl groups is 1. The monoisotopic (exact) mass is 670 g/mol. The van der Waals surface area contributed by atoms with Crippen molar-refractivity contribution < 1.29 is 28.5 Å². The van der Waals surface area contributed by atoms with Crippen LogP contribution in [0.25, 0.3) is 32.9 Å². The number of benzene rings is 2. The number of ether oxygens (including phenoxy) is 2. The number of hydrogen-bond acceptors (Lipinski definition) is 10. The number of fused-ring (bicyclic) bond motifs is 7. The zero-order chi connectivity index (χ0) is 33.2. The predicted octanol–water partition coefficient (Wildman–Crippen LogP) is 4.56. The molecule has 0 amide bonds. The molecular formula is C37H40F2N6O4. The van der Waals surface area contributed by atoms with Gasteiger partial charge in [-0.3, -0.25) is 4.90 Å². The number of hydrogen-bond donors (Lipinski definition) is 3. The molecule has 10 nitrogen and oxygen atoms in total. The van der Waals surface area contributed by atoms with Crippen LogP contribution in [0.15, 0.2) is 24.3 Å². The summed E-state index contributed by atoms with van der Waals surface area (Å²) in [5.74, 6) is 0.902. The lowest BCUT2D eigenvalue weighted by Gasteiger charge is -2.40. The molecule has 2 aliphatic carbocycles. The Morgan fingerprint density at radius 1 is 1.10 bits per heavy atom. The number of aromatic nitrogens is 3. The lowest BCUT2D eigenvalue weighted by atomic mass is 9.94. The number of aliphatic hydroxyl groups excluding tert-OH is 1. The summed E-state index contributed by atoms with van der Waals surface area (Å²) >= 11 is 0. The third-order valence-electron chi connectivity index (χ3n) is 12.3. The molecule has 4 aromatic rings. The summed E-state index contributed by atoms with van der Waals surface area (Å²) in [7, 11) is 0. The molecule has 49 heavy (non-hydrogen) atoms. The van der Waals surface area contributed by atoms with Gasteiger partial charge < -0.3 is 29.9 Å². The van der Waals surface area contributed by atoms with E-state index in [-0.39, 0.29) is 70.6 Å². The van der Waals surface area contributed by atoms with E-state index in [4.69, 9.17) is 24.4 Å². The number of halogens is 2. The number of piperidine rings is 1. The fourth-order valence-corrected chi connectivity index (χ4v) is 9.46. The van der Waals surface area contributed by atoms with Crippen LogP contribution in [0.2, 0.25) is 0 Å². The number of anilines is 1. The van der Waals surface area contributed by atoms with Gasteiger partial charge in [-0.1, -0.05) is 13.0 Å². The third kappa shape index (κ3) is 4.70. The maximum absolute atomic E-state index is 17.2. The Kier molecular flexibility index (Phi) is 6.62. The highest BCUT2D eigenvalue weighted by atomic mass is 19.1. The minimum Gasteiger partial charge on any atom is -0.508 e. The molecule has 2 aromatic carbocycles. The summed E-state index contributed by atoms with van der Waals surface area (Å²) in [4.78, 5) is 19.1. The van der Waals surface area contributed by atoms with E-state index in [0.29, 0.717) is 65.6 Å². The zero-order valence-corrected chi connectivity index (χ0v) is 27.5. The first kappa shape index (κ1) is 30.0. The molecule has 256 valence electrons. The minimum atomic E-state index is -0.700. The van der Waals surface area contributed by atoms with E-state index in [1.54, 1.807) is 12.1 Å². The molecule has 2 aromatic heterocycles. The lowest BCUT2D eigenvalue weighted by Crippen LogP contribution is -2.60. The lowest BCUT2D eigenvalue weighted by molar-refractivity contribution is 0.0966. The molecule has 0 spiro atoms. The van der Waals surface area contributed by atoms with Crippen molar-refractivity contribution in [3.05, 3.63) is 41.5 Å². The fourth-order valence-electron chi connectivity index (χ4n) is 9.46. The van der Waals surface area contributed by atoms with Gasteiger partial charge in [0.15, 0.2) is 5.82 Å². The van der Waals surface area contributed by atoms with Gasteiger partial charge in [-0.05, 0) is 84.9 Å². The van der Waals surface area contributed by atoms with Crippen LogP contribution in [-0.2, 0) is 6.42 Å². The average Bonchev–Trinajstić information content (AvgIpc) is 3.99. The minimum absolute atomic E-state index is 0.0299. The van der Waals surface area contributed by atoms with Gasteiger partial charge in [0.1, 0.15) is 40.6 Å². The number of nitrogens with one attached hydrogen (secondary N) is 1. The van der Waals surface area contributed by atoms with Crippen molar-refractivity contribution >= 4 is 27.5 Å². The van der Waals surface area contributed by atoms with E-state index >= 15 is 8.78 Å². The Morgan fingerprint density at radius 2 is 1.98 bits per heavy atom. The summed E-state index contributed by atoms with van der Waals surface area (Å²) in [5.41, 5.74) is 0.600. The standard InChI is InChI=1S/C37H40F2N6O4/c1-2-22-25(38)5-3-18-9-21(47)11-24(29(18)22)32-31(39)33-30-34(45-13-20-4-6-26(40-20)28(45)15-48-35(30)41-32)43-36(42-33)49-17-37(7-8-37)16-44-12-19-10-23(19)27(44)14-46/h3,5,9,11,19-20,23,26-28,40,46-47H,2,4,6-8,10,12-17H2,1H3/t19-,20+,23-,26-,27-,28+/m0/s1. The molecule has 4 aliphatic heterocycles. The van der Waals surface area contributed by atoms with E-state index in [1.165, 1.54) is 18.6 Å². The normalized spacial score (nSPS) is 29.1. The fraction of sp³-hybridized carbons (Fsp3) is 0.541. The second-order valence-electron chi connectivity index (χ2n) is 15.3. The summed E-state index contributed by atoms with van der Waals surface area (Å²) in [6, 6.07) is 6.71. The second kappa shape index (κ2) is 10.8. The summed E-state index contributed by atoms with van der Waals surface area (Å²) in [6.07, 6.45) is 5.67. The van der Waals surface area contributed by atoms with Crippen LogP contribution in [0.3, 0.4) is 0 Å². The van der Waals surface area contributed by atoms with E-state index in [0.717, 1.165) is 38.8 Å². The first-order chi connectivity index (χ1) is 23.8. The van der Waals surface area contributed by atoms with Crippen LogP contribution in [0.4, 0.5) is 14.6 Å². The van der Waals surface area contributed by atoms with E-state index in [1.807, 2.05) is 6.92 Å². The molecule has 3 saturated heterocycles. The number of rotatable bonds is 8. The number of phenolic OH excluding ortho intramolecular Hbond substituents is 1. The Morgan fingerprint density at radius 3 is 2.80 bits per heavy atom. The molecule has 6 aliphatic rings. The first-order valence-electron chi connectivity index (χ1n) is 17.8. The largest absolute Gasteiger partial charge is 0.508 e. The van der Waals surface area contributed by atoms with Crippen molar-refractivity contribution in [3.8, 4) is 28.9 Å². The Labute approximate surface area is 282 Å². The molecule has 6 atom stereocenters. The molecule has 12 heteroatoms. The van der Waals surface area contributed by atoms with Crippen LogP contribution >= 0.6 is 0 Å². The van der Waals surface area contributed by atoms with Gasteiger partial charge in [-0.15, -0.1) is 0 Å².